The summed E-state index contributed by atoms with van der Waals surface area (Å²) >= 11 is 0. The largest absolute Gasteiger partial charge is 0.457 e. The molecule has 0 unspecified atom stereocenters. The van der Waals surface area contributed by atoms with E-state index >= 15 is 0 Å². The van der Waals surface area contributed by atoms with Crippen molar-refractivity contribution in [2.75, 3.05) is 6.54 Å². The van der Waals surface area contributed by atoms with Crippen LogP contribution in [0.4, 0.5) is 0 Å². The summed E-state index contributed by atoms with van der Waals surface area (Å²) in [6.45, 7) is 7.50. The van der Waals surface area contributed by atoms with Crippen molar-refractivity contribution in [3.8, 4) is 0 Å². The van der Waals surface area contributed by atoms with Gasteiger partial charge in [-0.3, -0.25) is 4.79 Å². The van der Waals surface area contributed by atoms with E-state index in [4.69, 9.17) is 15.0 Å². The van der Waals surface area contributed by atoms with E-state index in [-0.39, 0.29) is 0 Å². The molecule has 7 nitrogen and oxygen atoms in total. The van der Waals surface area contributed by atoms with E-state index in [9.17, 15) is 9.59 Å². The molecule has 0 aliphatic rings. The van der Waals surface area contributed by atoms with Crippen LogP contribution >= 0.6 is 0 Å². The minimum Gasteiger partial charge on any atom is -0.457 e. The molecule has 17 heavy (non-hydrogen) atoms. The van der Waals surface area contributed by atoms with E-state index in [0.717, 1.165) is 0 Å². The molecule has 0 bridgehead atoms. The number of carbonyl (C=O) groups is 2. The van der Waals surface area contributed by atoms with Crippen LogP contribution in [0.5, 0.6) is 0 Å². The highest BCUT2D eigenvalue weighted by Crippen LogP contribution is 2.17. The lowest BCUT2D eigenvalue weighted by Crippen LogP contribution is -2.42. The number of ether oxygens (including phenoxy) is 2. The van der Waals surface area contributed by atoms with E-state index in [0.29, 0.717) is 0 Å². The molecular formula is C10H17N3O4. The maximum absolute atomic E-state index is 11.7. The standard InChI is InChI=1S/C10H17N3O4/c1-9(2,3)17-8(15)10(4,5)16-7(14)6-12-13-11/h6H2,1-5H3. The third kappa shape index (κ3) is 6.42. The van der Waals surface area contributed by atoms with Crippen molar-refractivity contribution in [2.45, 2.75) is 45.8 Å². The van der Waals surface area contributed by atoms with E-state index < -0.39 is 29.7 Å². The van der Waals surface area contributed by atoms with Gasteiger partial charge in [-0.25, -0.2) is 4.79 Å². The minimum absolute atomic E-state index is 0.456. The molecule has 96 valence electrons. The molecule has 0 heterocycles. The van der Waals surface area contributed by atoms with Gasteiger partial charge in [-0.15, -0.1) is 0 Å². The van der Waals surface area contributed by atoms with Gasteiger partial charge in [0.05, 0.1) is 0 Å². The Balaban J connectivity index is 4.51. The molecule has 0 N–H and O–H groups in total. The van der Waals surface area contributed by atoms with E-state index in [1.165, 1.54) is 13.8 Å². The Bertz CT molecular complexity index is 351. The van der Waals surface area contributed by atoms with Crippen LogP contribution in [0.1, 0.15) is 34.6 Å². The zero-order chi connectivity index (χ0) is 13.7. The molecule has 0 aliphatic carbocycles. The highest BCUT2D eigenvalue weighted by molar-refractivity contribution is 5.83. The summed E-state index contributed by atoms with van der Waals surface area (Å²) in [5, 5.41) is 3.04. The van der Waals surface area contributed by atoms with Gasteiger partial charge in [0.2, 0.25) is 5.60 Å². The van der Waals surface area contributed by atoms with Crippen LogP contribution in [-0.2, 0) is 19.1 Å². The molecule has 0 radical (unpaired) electrons. The fraction of sp³-hybridized carbons (Fsp3) is 0.800. The predicted molar refractivity (Wildman–Crippen MR) is 60.0 cm³/mol. The fourth-order valence-corrected chi connectivity index (χ4v) is 0.849. The van der Waals surface area contributed by atoms with Crippen LogP contribution in [-0.4, -0.2) is 29.7 Å². The van der Waals surface area contributed by atoms with Gasteiger partial charge in [0.1, 0.15) is 12.1 Å². The van der Waals surface area contributed by atoms with Crippen molar-refractivity contribution >= 4 is 11.9 Å². The van der Waals surface area contributed by atoms with E-state index in [1.54, 1.807) is 20.8 Å². The minimum atomic E-state index is -1.41. The number of nitrogens with zero attached hydrogens (tertiary/aromatic N) is 3. The van der Waals surface area contributed by atoms with Gasteiger partial charge >= 0.3 is 11.9 Å². The van der Waals surface area contributed by atoms with Gasteiger partial charge in [-0.05, 0) is 40.1 Å². The van der Waals surface area contributed by atoms with Gasteiger partial charge in [-0.1, -0.05) is 5.11 Å². The molecule has 0 saturated heterocycles. The van der Waals surface area contributed by atoms with Gasteiger partial charge in [0, 0.05) is 4.91 Å². The third-order valence-electron chi connectivity index (χ3n) is 1.52. The number of carbonyl (C=O) groups excluding carboxylic acids is 2. The summed E-state index contributed by atoms with van der Waals surface area (Å²) in [6.07, 6.45) is 0. The second-order valence-corrected chi connectivity index (χ2v) is 4.88. The first-order valence-corrected chi connectivity index (χ1v) is 5.04. The average molecular weight is 243 g/mol. The normalized spacial score (nSPS) is 11.4. The second kappa shape index (κ2) is 5.54. The summed E-state index contributed by atoms with van der Waals surface area (Å²) in [5.74, 6) is -1.43. The van der Waals surface area contributed by atoms with Crippen molar-refractivity contribution < 1.29 is 19.1 Å². The first-order chi connectivity index (χ1) is 7.58. The molecule has 0 aromatic carbocycles. The Hall–Kier alpha value is -1.75. The molecule has 0 fully saturated rings. The molecular weight excluding hydrogens is 226 g/mol. The lowest BCUT2D eigenvalue weighted by atomic mass is 10.1. The van der Waals surface area contributed by atoms with Crippen LogP contribution in [0.15, 0.2) is 5.11 Å². The topological polar surface area (TPSA) is 101 Å². The van der Waals surface area contributed by atoms with Crippen molar-refractivity contribution in [1.29, 1.82) is 0 Å². The van der Waals surface area contributed by atoms with E-state index in [1.807, 2.05) is 0 Å². The van der Waals surface area contributed by atoms with Crippen LogP contribution in [0, 0.1) is 0 Å². The number of hydrogen-bond donors (Lipinski definition) is 0. The van der Waals surface area contributed by atoms with Crippen LogP contribution in [0.25, 0.3) is 10.4 Å². The van der Waals surface area contributed by atoms with Crippen LogP contribution in [0.2, 0.25) is 0 Å². The first-order valence-electron chi connectivity index (χ1n) is 5.04. The molecule has 0 aromatic rings. The molecule has 0 atom stereocenters. The molecule has 0 saturated carbocycles. The first kappa shape index (κ1) is 15.2. The van der Waals surface area contributed by atoms with Gasteiger partial charge in [0.15, 0.2) is 0 Å². The zero-order valence-electron chi connectivity index (χ0n) is 10.7. The fourth-order valence-electron chi connectivity index (χ4n) is 0.849. The van der Waals surface area contributed by atoms with Gasteiger partial charge < -0.3 is 9.47 Å². The van der Waals surface area contributed by atoms with E-state index in [2.05, 4.69) is 10.0 Å². The highest BCUT2D eigenvalue weighted by Gasteiger charge is 2.36. The van der Waals surface area contributed by atoms with Crippen LogP contribution in [0.3, 0.4) is 0 Å². The summed E-state index contributed by atoms with van der Waals surface area (Å²) in [6, 6.07) is 0. The Morgan fingerprint density at radius 2 is 1.71 bits per heavy atom. The van der Waals surface area contributed by atoms with Crippen LogP contribution < -0.4 is 0 Å². The van der Waals surface area contributed by atoms with Crippen molar-refractivity contribution in [1.82, 2.24) is 0 Å². The predicted octanol–water partition coefficient (Wildman–Crippen LogP) is 1.96. The summed E-state index contributed by atoms with van der Waals surface area (Å²) in [7, 11) is 0. The Kier molecular flexibility index (Phi) is 4.97. The zero-order valence-corrected chi connectivity index (χ0v) is 10.7. The third-order valence-corrected chi connectivity index (χ3v) is 1.52. The van der Waals surface area contributed by atoms with Crippen molar-refractivity contribution in [3.05, 3.63) is 10.4 Å². The lowest BCUT2D eigenvalue weighted by molar-refractivity contribution is -0.185. The molecule has 0 amide bonds. The SMILES string of the molecule is CC(C)(C)OC(=O)C(C)(C)OC(=O)CN=[N+]=[N-]. The number of azide groups is 1. The van der Waals surface area contributed by atoms with Gasteiger partial charge in [-0.2, -0.15) is 0 Å². The average Bonchev–Trinajstić information content (AvgIpc) is 2.11. The Labute approximate surface area is 99.7 Å². The van der Waals surface area contributed by atoms with Crippen molar-refractivity contribution in [2.24, 2.45) is 5.11 Å². The molecule has 0 aliphatic heterocycles. The Morgan fingerprint density at radius 3 is 2.12 bits per heavy atom. The quantitative estimate of drug-likeness (QED) is 0.326. The number of hydrogen-bond acceptors (Lipinski definition) is 5. The summed E-state index contributed by atoms with van der Waals surface area (Å²) in [4.78, 5) is 25.3. The van der Waals surface area contributed by atoms with Crippen molar-refractivity contribution in [3.63, 3.8) is 0 Å². The number of esters is 2. The molecule has 0 spiro atoms. The molecule has 7 heteroatoms. The summed E-state index contributed by atoms with van der Waals surface area (Å²) < 4.78 is 9.96. The maximum atomic E-state index is 11.7. The van der Waals surface area contributed by atoms with Gasteiger partial charge in [0.25, 0.3) is 0 Å². The second-order valence-electron chi connectivity index (χ2n) is 4.88. The smallest absolute Gasteiger partial charge is 0.350 e. The Morgan fingerprint density at radius 1 is 1.18 bits per heavy atom. The monoisotopic (exact) mass is 243 g/mol. The summed E-state index contributed by atoms with van der Waals surface area (Å²) in [5.41, 5.74) is 5.97. The maximum Gasteiger partial charge on any atom is 0.350 e. The highest BCUT2D eigenvalue weighted by atomic mass is 16.6. The molecule has 0 aromatic heterocycles. The molecule has 0 rings (SSSR count). The number of rotatable bonds is 4. The lowest BCUT2D eigenvalue weighted by Gasteiger charge is -2.28.